The van der Waals surface area contributed by atoms with E-state index < -0.39 is 10.0 Å². The fourth-order valence-corrected chi connectivity index (χ4v) is 2.28. The van der Waals surface area contributed by atoms with Crippen molar-refractivity contribution in [1.29, 1.82) is 0 Å². The number of benzene rings is 1. The van der Waals surface area contributed by atoms with Crippen molar-refractivity contribution >= 4 is 20.9 Å². The van der Waals surface area contributed by atoms with Crippen molar-refractivity contribution in [3.63, 3.8) is 0 Å². The van der Waals surface area contributed by atoms with Gasteiger partial charge in [-0.15, -0.1) is 0 Å². The fraction of sp³-hybridized carbons (Fsp3) is 0.273. The van der Waals surface area contributed by atoms with Crippen LogP contribution in [0.5, 0.6) is 0 Å². The predicted octanol–water partition coefficient (Wildman–Crippen LogP) is 1.39. The average Bonchev–Trinajstić information content (AvgIpc) is 2.62. The van der Waals surface area contributed by atoms with Crippen molar-refractivity contribution in [2.24, 2.45) is 5.14 Å². The molecule has 0 fully saturated rings. The van der Waals surface area contributed by atoms with Crippen LogP contribution in [0.25, 0.3) is 10.9 Å². The molecule has 5 heteroatoms. The number of aryl methyl sites for hydroxylation is 1. The number of hydrogen-bond donors (Lipinski definition) is 2. The van der Waals surface area contributed by atoms with Gasteiger partial charge in [-0.25, -0.2) is 13.6 Å². The number of nitrogens with two attached hydrogens (primary N) is 1. The SMILES string of the molecule is NS(=O)(=O)CCCc1ccc2[nH]ccc2c1. The topological polar surface area (TPSA) is 76.0 Å². The zero-order valence-electron chi connectivity index (χ0n) is 8.81. The molecule has 86 valence electrons. The maximum Gasteiger partial charge on any atom is 0.209 e. The van der Waals surface area contributed by atoms with Gasteiger partial charge >= 0.3 is 0 Å². The summed E-state index contributed by atoms with van der Waals surface area (Å²) in [5.74, 6) is 0.0399. The average molecular weight is 238 g/mol. The second kappa shape index (κ2) is 4.27. The molecule has 1 heterocycles. The van der Waals surface area contributed by atoms with E-state index in [0.717, 1.165) is 22.9 Å². The van der Waals surface area contributed by atoms with Crippen molar-refractivity contribution in [2.75, 3.05) is 5.75 Å². The van der Waals surface area contributed by atoms with Crippen LogP contribution in [0.15, 0.2) is 30.5 Å². The van der Waals surface area contributed by atoms with Crippen LogP contribution in [0.2, 0.25) is 0 Å². The molecule has 3 N–H and O–H groups in total. The number of H-pyrrole nitrogens is 1. The minimum atomic E-state index is -3.33. The van der Waals surface area contributed by atoms with E-state index in [9.17, 15) is 8.42 Å². The van der Waals surface area contributed by atoms with E-state index in [1.165, 1.54) is 0 Å². The Morgan fingerprint density at radius 3 is 2.81 bits per heavy atom. The van der Waals surface area contributed by atoms with E-state index in [0.29, 0.717) is 6.42 Å². The first-order chi connectivity index (χ1) is 7.54. The van der Waals surface area contributed by atoms with Gasteiger partial charge in [0.1, 0.15) is 0 Å². The lowest BCUT2D eigenvalue weighted by atomic mass is 10.1. The molecule has 2 rings (SSSR count). The molecule has 0 bridgehead atoms. The highest BCUT2D eigenvalue weighted by molar-refractivity contribution is 7.89. The van der Waals surface area contributed by atoms with Crippen LogP contribution in [0, 0.1) is 0 Å². The van der Waals surface area contributed by atoms with Gasteiger partial charge in [-0.3, -0.25) is 0 Å². The van der Waals surface area contributed by atoms with Crippen LogP contribution < -0.4 is 5.14 Å². The Kier molecular flexibility index (Phi) is 2.98. The number of aromatic amines is 1. The Morgan fingerprint density at radius 1 is 1.25 bits per heavy atom. The molecule has 4 nitrogen and oxygen atoms in total. The summed E-state index contributed by atoms with van der Waals surface area (Å²) in [5, 5.41) is 6.09. The van der Waals surface area contributed by atoms with Crippen molar-refractivity contribution in [3.8, 4) is 0 Å². The molecule has 0 saturated heterocycles. The van der Waals surface area contributed by atoms with Crippen molar-refractivity contribution in [2.45, 2.75) is 12.8 Å². The molecule has 16 heavy (non-hydrogen) atoms. The number of primary sulfonamides is 1. The minimum Gasteiger partial charge on any atom is -0.361 e. The summed E-state index contributed by atoms with van der Waals surface area (Å²) in [6.07, 6.45) is 3.19. The van der Waals surface area contributed by atoms with Gasteiger partial charge in [0.15, 0.2) is 0 Å². The summed E-state index contributed by atoms with van der Waals surface area (Å²) in [4.78, 5) is 3.11. The first-order valence-corrected chi connectivity index (χ1v) is 6.83. The molecule has 0 amide bonds. The second-order valence-electron chi connectivity index (χ2n) is 3.87. The minimum absolute atomic E-state index is 0.0399. The van der Waals surface area contributed by atoms with Gasteiger partial charge in [-0.2, -0.15) is 0 Å². The molecule has 1 aromatic heterocycles. The summed E-state index contributed by atoms with van der Waals surface area (Å²) in [5.41, 5.74) is 2.23. The molecule has 0 spiro atoms. The standard InChI is InChI=1S/C11H14N2O2S/c12-16(14,15)7-1-2-9-3-4-11-10(8-9)5-6-13-11/h3-6,8,13H,1-2,7H2,(H2,12,14,15). The Hall–Kier alpha value is -1.33. The lowest BCUT2D eigenvalue weighted by Crippen LogP contribution is -2.16. The van der Waals surface area contributed by atoms with Crippen molar-refractivity contribution < 1.29 is 8.42 Å². The lowest BCUT2D eigenvalue weighted by molar-refractivity contribution is 0.595. The highest BCUT2D eigenvalue weighted by Crippen LogP contribution is 2.15. The van der Waals surface area contributed by atoms with Gasteiger partial charge in [-0.1, -0.05) is 6.07 Å². The number of rotatable bonds is 4. The summed E-state index contributed by atoms with van der Waals surface area (Å²) >= 11 is 0. The Morgan fingerprint density at radius 2 is 2.06 bits per heavy atom. The molecule has 2 aromatic rings. The molecular formula is C11H14N2O2S. The highest BCUT2D eigenvalue weighted by atomic mass is 32.2. The van der Waals surface area contributed by atoms with E-state index >= 15 is 0 Å². The number of sulfonamides is 1. The zero-order valence-corrected chi connectivity index (χ0v) is 9.63. The first kappa shape index (κ1) is 11.2. The predicted molar refractivity (Wildman–Crippen MR) is 64.6 cm³/mol. The van der Waals surface area contributed by atoms with Crippen molar-refractivity contribution in [1.82, 2.24) is 4.98 Å². The van der Waals surface area contributed by atoms with Crippen molar-refractivity contribution in [3.05, 3.63) is 36.0 Å². The van der Waals surface area contributed by atoms with Crippen LogP contribution in [0.4, 0.5) is 0 Å². The maximum absolute atomic E-state index is 10.8. The fourth-order valence-electron chi connectivity index (χ4n) is 1.74. The molecule has 0 atom stereocenters. The summed E-state index contributed by atoms with van der Waals surface area (Å²) < 4.78 is 21.5. The van der Waals surface area contributed by atoms with Crippen LogP contribution in [0.1, 0.15) is 12.0 Å². The van der Waals surface area contributed by atoms with E-state index in [1.54, 1.807) is 0 Å². The largest absolute Gasteiger partial charge is 0.361 e. The third-order valence-corrected chi connectivity index (χ3v) is 3.37. The normalized spacial score (nSPS) is 12.1. The van der Waals surface area contributed by atoms with Crippen LogP contribution in [-0.2, 0) is 16.4 Å². The van der Waals surface area contributed by atoms with Gasteiger partial charge in [-0.05, 0) is 42.0 Å². The highest BCUT2D eigenvalue weighted by Gasteiger charge is 2.03. The molecule has 0 aliphatic heterocycles. The van der Waals surface area contributed by atoms with Crippen LogP contribution in [-0.4, -0.2) is 19.2 Å². The number of aromatic nitrogens is 1. The van der Waals surface area contributed by atoms with Gasteiger partial charge in [0.25, 0.3) is 0 Å². The van der Waals surface area contributed by atoms with Gasteiger partial charge in [0.05, 0.1) is 5.75 Å². The Labute approximate surface area is 94.5 Å². The molecule has 1 aromatic carbocycles. The van der Waals surface area contributed by atoms with E-state index in [2.05, 4.69) is 11.1 Å². The quantitative estimate of drug-likeness (QED) is 0.844. The lowest BCUT2D eigenvalue weighted by Gasteiger charge is -2.01. The van der Waals surface area contributed by atoms with E-state index in [4.69, 9.17) is 5.14 Å². The first-order valence-electron chi connectivity index (χ1n) is 5.11. The molecule has 0 aliphatic carbocycles. The zero-order chi connectivity index (χ0) is 11.6. The van der Waals surface area contributed by atoms with E-state index in [1.807, 2.05) is 24.4 Å². The molecule has 0 radical (unpaired) electrons. The van der Waals surface area contributed by atoms with Gasteiger partial charge < -0.3 is 4.98 Å². The summed E-state index contributed by atoms with van der Waals surface area (Å²) in [6, 6.07) is 8.07. The van der Waals surface area contributed by atoms with Gasteiger partial charge in [0, 0.05) is 11.7 Å². The Balaban J connectivity index is 2.04. The van der Waals surface area contributed by atoms with E-state index in [-0.39, 0.29) is 5.75 Å². The smallest absolute Gasteiger partial charge is 0.209 e. The summed E-state index contributed by atoms with van der Waals surface area (Å²) in [7, 11) is -3.33. The van der Waals surface area contributed by atoms with Gasteiger partial charge in [0.2, 0.25) is 10.0 Å². The maximum atomic E-state index is 10.8. The molecule has 0 saturated carbocycles. The number of hydrogen-bond acceptors (Lipinski definition) is 2. The summed E-state index contributed by atoms with van der Waals surface area (Å²) in [6.45, 7) is 0. The third-order valence-electron chi connectivity index (χ3n) is 2.51. The Bertz CT molecular complexity index is 587. The second-order valence-corrected chi connectivity index (χ2v) is 5.60. The van der Waals surface area contributed by atoms with Crippen LogP contribution in [0.3, 0.4) is 0 Å². The number of fused-ring (bicyclic) bond motifs is 1. The molecule has 0 aliphatic rings. The third kappa shape index (κ3) is 2.84. The number of nitrogens with one attached hydrogen (secondary N) is 1. The molecule has 0 unspecified atom stereocenters. The molecular weight excluding hydrogens is 224 g/mol. The van der Waals surface area contributed by atoms with Crippen LogP contribution >= 0.6 is 0 Å². The monoisotopic (exact) mass is 238 g/mol.